The summed E-state index contributed by atoms with van der Waals surface area (Å²) in [5, 5.41) is 16.1. The number of hydrogen-bond donors (Lipinski definition) is 5. The normalized spacial score (nSPS) is 34.7. The number of nitrogens with zero attached hydrogens (tertiary/aromatic N) is 2. The molecule has 4 rings (SSSR count). The molecule has 36 heavy (non-hydrogen) atoms. The molecule has 4 heterocycles. The van der Waals surface area contributed by atoms with Crippen molar-refractivity contribution in [3.63, 3.8) is 0 Å². The second kappa shape index (κ2) is 10.8. The Morgan fingerprint density at radius 2 is 2.03 bits per heavy atom. The molecule has 7 N–H and O–H groups in total. The van der Waals surface area contributed by atoms with Gasteiger partial charge in [0.05, 0.1) is 24.5 Å². The molecule has 11 nitrogen and oxygen atoms in total. The topological polar surface area (TPSA) is 171 Å². The van der Waals surface area contributed by atoms with Crippen LogP contribution in [-0.2, 0) is 19.2 Å². The summed E-state index contributed by atoms with van der Waals surface area (Å²) >= 11 is 1.46. The minimum absolute atomic E-state index is 0.000218. The highest BCUT2D eigenvalue weighted by Crippen LogP contribution is 2.53. The van der Waals surface area contributed by atoms with Crippen molar-refractivity contribution >= 4 is 35.3 Å². The number of β-lactam (4-membered cyclic amide) rings is 1. The van der Waals surface area contributed by atoms with Crippen LogP contribution in [0.25, 0.3) is 0 Å². The van der Waals surface area contributed by atoms with Gasteiger partial charge in [0, 0.05) is 54.2 Å². The summed E-state index contributed by atoms with van der Waals surface area (Å²) in [4.78, 5) is 54.4. The molecule has 0 unspecified atom stereocenters. The number of Topliss-reactive ketones (excluding diaryl/α,β-unsaturated/α-hetero) is 1. The maximum absolute atomic E-state index is 13.1. The average Bonchev–Trinajstić information content (AvgIpc) is 3.49. The fourth-order valence-corrected chi connectivity index (χ4v) is 7.81. The van der Waals surface area contributed by atoms with E-state index in [1.165, 1.54) is 16.7 Å². The summed E-state index contributed by atoms with van der Waals surface area (Å²) in [7, 11) is 1.71. The van der Waals surface area contributed by atoms with E-state index >= 15 is 0 Å². The summed E-state index contributed by atoms with van der Waals surface area (Å²) in [6, 6.07) is -0.739. The number of likely N-dealkylation sites (tertiary alicyclic amines) is 1. The molecule has 4 aliphatic rings. The third kappa shape index (κ3) is 4.81. The number of thioether (sulfide) groups is 1. The van der Waals surface area contributed by atoms with Crippen LogP contribution in [0.1, 0.15) is 33.1 Å². The number of carboxylic acid groups (broad SMARTS) is 1. The fourth-order valence-electron chi connectivity index (χ4n) is 6.33. The van der Waals surface area contributed by atoms with Gasteiger partial charge >= 0.3 is 5.97 Å². The van der Waals surface area contributed by atoms with E-state index < -0.39 is 5.97 Å². The molecule has 2 amide bonds. The third-order valence-electron chi connectivity index (χ3n) is 8.01. The molecule has 3 saturated heterocycles. The fraction of sp³-hybridized carbons (Fsp3) is 0.750. The first kappa shape index (κ1) is 27.1. The maximum atomic E-state index is 13.1. The number of hydrogen-bond acceptors (Lipinski definition) is 9. The predicted octanol–water partition coefficient (Wildman–Crippen LogP) is -1.08. The summed E-state index contributed by atoms with van der Waals surface area (Å²) in [5.41, 5.74) is 11.9. The first-order valence-corrected chi connectivity index (χ1v) is 13.6. The summed E-state index contributed by atoms with van der Waals surface area (Å²) < 4.78 is 0. The van der Waals surface area contributed by atoms with E-state index in [-0.39, 0.29) is 83.4 Å². The van der Waals surface area contributed by atoms with E-state index in [2.05, 4.69) is 10.6 Å². The van der Waals surface area contributed by atoms with Crippen molar-refractivity contribution in [1.82, 2.24) is 20.4 Å². The van der Waals surface area contributed by atoms with Crippen LogP contribution in [0, 0.1) is 17.8 Å². The predicted molar refractivity (Wildman–Crippen MR) is 136 cm³/mol. The first-order chi connectivity index (χ1) is 17.1. The Bertz CT molecular complexity index is 959. The van der Waals surface area contributed by atoms with Gasteiger partial charge in [0.25, 0.3) is 0 Å². The molecule has 0 bridgehead atoms. The molecule has 0 aliphatic carbocycles. The number of nitrogens with two attached hydrogens (primary N) is 2. The van der Waals surface area contributed by atoms with Crippen molar-refractivity contribution < 1.29 is 24.3 Å². The highest BCUT2D eigenvalue weighted by molar-refractivity contribution is 8.03. The van der Waals surface area contributed by atoms with Crippen molar-refractivity contribution in [2.75, 3.05) is 33.2 Å². The van der Waals surface area contributed by atoms with E-state index in [1.807, 2.05) is 13.8 Å². The first-order valence-electron chi connectivity index (χ1n) is 12.7. The minimum Gasteiger partial charge on any atom is -0.477 e. The van der Waals surface area contributed by atoms with Crippen LogP contribution in [-0.4, -0.2) is 101 Å². The lowest BCUT2D eigenvalue weighted by atomic mass is 9.73. The quantitative estimate of drug-likeness (QED) is 0.222. The molecule has 0 saturated carbocycles. The Labute approximate surface area is 215 Å². The number of aliphatic carboxylic acids is 1. The molecule has 12 heteroatoms. The minimum atomic E-state index is -1.12. The largest absolute Gasteiger partial charge is 0.477 e. The zero-order chi connectivity index (χ0) is 26.3. The lowest BCUT2D eigenvalue weighted by Gasteiger charge is -2.47. The van der Waals surface area contributed by atoms with Crippen molar-refractivity contribution in [3.05, 3.63) is 10.6 Å². The van der Waals surface area contributed by atoms with Crippen LogP contribution in [0.2, 0.25) is 0 Å². The van der Waals surface area contributed by atoms with Crippen LogP contribution in [0.5, 0.6) is 0 Å². The lowest BCUT2D eigenvalue weighted by Crippen LogP contribution is -2.62. The monoisotopic (exact) mass is 522 g/mol. The Morgan fingerprint density at radius 3 is 2.67 bits per heavy atom. The van der Waals surface area contributed by atoms with Gasteiger partial charge in [-0.15, -0.1) is 11.8 Å². The number of rotatable bonds is 10. The number of fused-ring (bicyclic) bond motifs is 1. The molecule has 0 aromatic rings. The number of carboxylic acids is 1. The summed E-state index contributed by atoms with van der Waals surface area (Å²) in [5.74, 6) is -2.01. The number of amides is 2. The van der Waals surface area contributed by atoms with Gasteiger partial charge in [-0.2, -0.15) is 0 Å². The van der Waals surface area contributed by atoms with Gasteiger partial charge in [-0.3, -0.25) is 14.4 Å². The molecule has 200 valence electrons. The molecule has 0 aromatic heterocycles. The molecule has 8 atom stereocenters. The Kier molecular flexibility index (Phi) is 8.10. The second-order valence-electron chi connectivity index (χ2n) is 10.6. The lowest BCUT2D eigenvalue weighted by molar-refractivity contribution is -0.160. The third-order valence-corrected chi connectivity index (χ3v) is 9.52. The number of carbonyl (C=O) groups excluding carboxylic acids is 3. The second-order valence-corrected chi connectivity index (χ2v) is 11.9. The molecule has 0 spiro atoms. The zero-order valence-corrected chi connectivity index (χ0v) is 21.9. The SMILES string of the molecule is CNCC(=O)C[C@H](C)[C@H]1C(=O)N2C(C(=O)O)=C(S[C@@H]3CN[C@H](C(=O)N4C[C@@H](N)C[C@H]4CN)C3)[C@H](C)[C@@H]12. The van der Waals surface area contributed by atoms with Crippen molar-refractivity contribution in [3.8, 4) is 0 Å². The van der Waals surface area contributed by atoms with Crippen molar-refractivity contribution in [2.24, 2.45) is 29.2 Å². The van der Waals surface area contributed by atoms with Gasteiger partial charge in [-0.25, -0.2) is 4.79 Å². The summed E-state index contributed by atoms with van der Waals surface area (Å²) in [6.07, 6.45) is 1.54. The molecule has 0 aromatic carbocycles. The Hall–Kier alpha value is -1.99. The average molecular weight is 523 g/mol. The van der Waals surface area contributed by atoms with Crippen LogP contribution < -0.4 is 22.1 Å². The Morgan fingerprint density at radius 1 is 1.31 bits per heavy atom. The molecular weight excluding hydrogens is 484 g/mol. The van der Waals surface area contributed by atoms with Crippen LogP contribution in [0.3, 0.4) is 0 Å². The molecule has 4 aliphatic heterocycles. The maximum Gasteiger partial charge on any atom is 0.353 e. The highest BCUT2D eigenvalue weighted by Gasteiger charge is 2.60. The van der Waals surface area contributed by atoms with E-state index in [9.17, 15) is 24.3 Å². The molecule has 3 fully saturated rings. The standard InChI is InChI=1S/C24H38N6O5S/c1-11(4-15(31)8-27-3)18-19-12(2)21(20(24(34)35)30(19)23(18)33)36-16-6-17(28-9-16)22(32)29-10-13(26)5-14(29)7-25/h11-14,16-19,27-28H,4-10,25-26H2,1-3H3,(H,34,35)/t11-,12+,13-,14-,16-,17-,18+,19-/m0/s1. The summed E-state index contributed by atoms with van der Waals surface area (Å²) in [6.45, 7) is 5.54. The van der Waals surface area contributed by atoms with Crippen LogP contribution in [0.4, 0.5) is 0 Å². The molecular formula is C24H38N6O5S. The van der Waals surface area contributed by atoms with E-state index in [0.717, 1.165) is 0 Å². The van der Waals surface area contributed by atoms with Gasteiger partial charge in [-0.1, -0.05) is 13.8 Å². The number of carbonyl (C=O) groups is 4. The van der Waals surface area contributed by atoms with Crippen LogP contribution in [0.15, 0.2) is 10.6 Å². The van der Waals surface area contributed by atoms with Gasteiger partial charge < -0.3 is 37.0 Å². The van der Waals surface area contributed by atoms with Gasteiger partial charge in [0.1, 0.15) is 11.5 Å². The van der Waals surface area contributed by atoms with Gasteiger partial charge in [-0.05, 0) is 25.8 Å². The van der Waals surface area contributed by atoms with E-state index in [1.54, 1.807) is 11.9 Å². The van der Waals surface area contributed by atoms with Crippen molar-refractivity contribution in [2.45, 2.75) is 62.5 Å². The van der Waals surface area contributed by atoms with E-state index in [4.69, 9.17) is 11.5 Å². The zero-order valence-electron chi connectivity index (χ0n) is 21.1. The van der Waals surface area contributed by atoms with Crippen LogP contribution >= 0.6 is 11.8 Å². The van der Waals surface area contributed by atoms with Crippen molar-refractivity contribution in [1.29, 1.82) is 0 Å². The number of nitrogens with one attached hydrogen (secondary N) is 2. The molecule has 0 radical (unpaired) electrons. The van der Waals surface area contributed by atoms with Gasteiger partial charge in [0.2, 0.25) is 11.8 Å². The van der Waals surface area contributed by atoms with Gasteiger partial charge in [0.15, 0.2) is 0 Å². The number of ketones is 1. The Balaban J connectivity index is 1.43. The van der Waals surface area contributed by atoms with E-state index in [0.29, 0.717) is 37.4 Å². The highest BCUT2D eigenvalue weighted by atomic mass is 32.2. The number of likely N-dealkylation sites (N-methyl/N-ethyl adjacent to an activating group) is 1. The smallest absolute Gasteiger partial charge is 0.353 e.